The maximum absolute atomic E-state index is 13.1. The van der Waals surface area contributed by atoms with Gasteiger partial charge in [0.05, 0.1) is 0 Å². The van der Waals surface area contributed by atoms with Gasteiger partial charge in [0.25, 0.3) is 0 Å². The van der Waals surface area contributed by atoms with Crippen molar-refractivity contribution in [2.24, 2.45) is 17.8 Å². The molecule has 116 valence electrons. The van der Waals surface area contributed by atoms with Crippen molar-refractivity contribution in [2.45, 2.75) is 51.5 Å². The zero-order chi connectivity index (χ0) is 15.3. The minimum Gasteiger partial charge on any atom is -0.309 e. The summed E-state index contributed by atoms with van der Waals surface area (Å²) < 4.78 is 0. The first-order valence-electron chi connectivity index (χ1n) is 8.60. The summed E-state index contributed by atoms with van der Waals surface area (Å²) >= 11 is 0. The number of benzene rings is 1. The average Bonchev–Trinajstić information content (AvgIpc) is 2.82. The fourth-order valence-corrected chi connectivity index (χ4v) is 4.78. The number of hydrogen-bond acceptors (Lipinski definition) is 2. The Hall–Kier alpha value is -1.64. The third kappa shape index (κ3) is 2.10. The molecule has 1 heterocycles. The van der Waals surface area contributed by atoms with Crippen LogP contribution in [0.2, 0.25) is 0 Å². The Morgan fingerprint density at radius 2 is 1.82 bits per heavy atom. The van der Waals surface area contributed by atoms with E-state index >= 15 is 0 Å². The maximum Gasteiger partial charge on any atom is 0.230 e. The van der Waals surface area contributed by atoms with Crippen LogP contribution >= 0.6 is 0 Å². The van der Waals surface area contributed by atoms with Crippen LogP contribution in [0.5, 0.6) is 0 Å². The number of ketones is 1. The van der Waals surface area contributed by atoms with Gasteiger partial charge in [-0.15, -0.1) is 0 Å². The zero-order valence-electron chi connectivity index (χ0n) is 13.1. The van der Waals surface area contributed by atoms with Crippen LogP contribution in [-0.4, -0.2) is 17.7 Å². The van der Waals surface area contributed by atoms with Crippen LogP contribution in [0.25, 0.3) is 0 Å². The highest BCUT2D eigenvalue weighted by Crippen LogP contribution is 2.42. The summed E-state index contributed by atoms with van der Waals surface area (Å²) in [6.07, 6.45) is 5.64. The molecule has 2 bridgehead atoms. The zero-order valence-corrected chi connectivity index (χ0v) is 13.1. The van der Waals surface area contributed by atoms with Gasteiger partial charge in [-0.25, -0.2) is 0 Å². The molecule has 3 atom stereocenters. The second-order valence-electron chi connectivity index (χ2n) is 7.29. The summed E-state index contributed by atoms with van der Waals surface area (Å²) in [7, 11) is 0. The van der Waals surface area contributed by atoms with E-state index in [9.17, 15) is 9.59 Å². The lowest BCUT2D eigenvalue weighted by atomic mass is 9.67. The molecule has 3 aliphatic rings. The van der Waals surface area contributed by atoms with Gasteiger partial charge < -0.3 is 4.90 Å². The molecule has 1 aromatic rings. The van der Waals surface area contributed by atoms with Gasteiger partial charge in [0.2, 0.25) is 5.91 Å². The maximum atomic E-state index is 13.1. The lowest BCUT2D eigenvalue weighted by molar-refractivity contribution is -0.136. The number of nitrogens with zero attached hydrogens (tertiary/aromatic N) is 1. The van der Waals surface area contributed by atoms with Gasteiger partial charge in [0.1, 0.15) is 5.78 Å². The number of Topliss-reactive ketones (excluding diaryl/α,β-unsaturated/α-hetero) is 1. The number of amides is 1. The topological polar surface area (TPSA) is 37.4 Å². The summed E-state index contributed by atoms with van der Waals surface area (Å²) in [6.45, 7) is 2.13. The van der Waals surface area contributed by atoms with Crippen LogP contribution in [0.4, 0.5) is 5.69 Å². The van der Waals surface area contributed by atoms with E-state index in [0.29, 0.717) is 5.78 Å². The number of rotatable bonds is 1. The van der Waals surface area contributed by atoms with Gasteiger partial charge in [-0.05, 0) is 50.7 Å². The molecule has 1 aliphatic heterocycles. The standard InChI is InChI=1S/C19H23NO2/c1-12-9-13-5-2-3-8-17(13)20(12)19(22)16-10-14-6-4-7-15(11-16)18(14)21/h2-3,5,8,12,14-16H,4,6-7,9-11H2,1H3. The second-order valence-corrected chi connectivity index (χ2v) is 7.29. The van der Waals surface area contributed by atoms with Crippen LogP contribution < -0.4 is 4.90 Å². The Kier molecular flexibility index (Phi) is 3.32. The van der Waals surface area contributed by atoms with E-state index in [-0.39, 0.29) is 29.7 Å². The number of carbonyl (C=O) groups excluding carboxylic acids is 2. The van der Waals surface area contributed by atoms with Crippen molar-refractivity contribution >= 4 is 17.4 Å². The number of anilines is 1. The van der Waals surface area contributed by atoms with Crippen molar-refractivity contribution in [3.8, 4) is 0 Å². The summed E-state index contributed by atoms with van der Waals surface area (Å²) in [5, 5.41) is 0. The van der Waals surface area contributed by atoms with E-state index in [1.54, 1.807) is 0 Å². The first-order valence-corrected chi connectivity index (χ1v) is 8.60. The summed E-state index contributed by atoms with van der Waals surface area (Å²) in [5.41, 5.74) is 2.36. The SMILES string of the molecule is CC1Cc2ccccc2N1C(=O)C1CC2CCCC(C1)C2=O. The van der Waals surface area contributed by atoms with Crippen molar-refractivity contribution in [1.82, 2.24) is 0 Å². The molecule has 0 radical (unpaired) electrons. The van der Waals surface area contributed by atoms with Crippen LogP contribution in [0.1, 0.15) is 44.6 Å². The van der Waals surface area contributed by atoms with E-state index < -0.39 is 0 Å². The third-order valence-electron chi connectivity index (χ3n) is 5.84. The molecule has 3 heteroatoms. The first kappa shape index (κ1) is 14.0. The minimum absolute atomic E-state index is 0.0432. The molecule has 2 fully saturated rings. The molecule has 0 N–H and O–H groups in total. The van der Waals surface area contributed by atoms with E-state index in [1.165, 1.54) is 5.56 Å². The summed E-state index contributed by atoms with van der Waals surface area (Å²) in [5.74, 6) is 1.03. The largest absolute Gasteiger partial charge is 0.309 e. The third-order valence-corrected chi connectivity index (χ3v) is 5.84. The highest BCUT2D eigenvalue weighted by Gasteiger charge is 2.44. The summed E-state index contributed by atoms with van der Waals surface area (Å²) in [6, 6.07) is 8.48. The Balaban J connectivity index is 1.59. The van der Waals surface area contributed by atoms with Gasteiger partial charge in [0, 0.05) is 29.5 Å². The average molecular weight is 297 g/mol. The smallest absolute Gasteiger partial charge is 0.230 e. The second kappa shape index (κ2) is 5.22. The number of hydrogen-bond donors (Lipinski definition) is 0. The van der Waals surface area contributed by atoms with Crippen molar-refractivity contribution in [2.75, 3.05) is 4.90 Å². The van der Waals surface area contributed by atoms with Crippen molar-refractivity contribution in [3.63, 3.8) is 0 Å². The Labute approximate surface area is 131 Å². The van der Waals surface area contributed by atoms with Gasteiger partial charge >= 0.3 is 0 Å². The van der Waals surface area contributed by atoms with E-state index in [2.05, 4.69) is 19.1 Å². The molecular formula is C19H23NO2. The highest BCUT2D eigenvalue weighted by molar-refractivity contribution is 5.99. The molecule has 22 heavy (non-hydrogen) atoms. The normalized spacial score (nSPS) is 33.7. The predicted octanol–water partition coefficient (Wildman–Crippen LogP) is 3.36. The van der Waals surface area contributed by atoms with Crippen molar-refractivity contribution in [3.05, 3.63) is 29.8 Å². The minimum atomic E-state index is 0.0432. The molecule has 3 nitrogen and oxygen atoms in total. The summed E-state index contributed by atoms with van der Waals surface area (Å²) in [4.78, 5) is 27.4. The number of carbonyl (C=O) groups is 2. The van der Waals surface area contributed by atoms with Gasteiger partial charge in [-0.3, -0.25) is 9.59 Å². The molecule has 0 saturated heterocycles. The molecule has 1 aromatic carbocycles. The van der Waals surface area contributed by atoms with Crippen LogP contribution in [0.3, 0.4) is 0 Å². The van der Waals surface area contributed by atoms with Crippen molar-refractivity contribution in [1.29, 1.82) is 0 Å². The quantitative estimate of drug-likeness (QED) is 0.797. The lowest BCUT2D eigenvalue weighted by Crippen LogP contribution is -2.46. The Morgan fingerprint density at radius 3 is 2.55 bits per heavy atom. The number of fused-ring (bicyclic) bond motifs is 3. The Bertz CT molecular complexity index is 608. The predicted molar refractivity (Wildman–Crippen MR) is 85.7 cm³/mol. The van der Waals surface area contributed by atoms with Crippen LogP contribution in [0.15, 0.2) is 24.3 Å². The van der Waals surface area contributed by atoms with Crippen LogP contribution in [-0.2, 0) is 16.0 Å². The highest BCUT2D eigenvalue weighted by atomic mass is 16.2. The first-order chi connectivity index (χ1) is 10.6. The van der Waals surface area contributed by atoms with Gasteiger partial charge in [-0.1, -0.05) is 24.6 Å². The molecule has 1 amide bonds. The molecular weight excluding hydrogens is 274 g/mol. The van der Waals surface area contributed by atoms with Gasteiger partial charge in [0.15, 0.2) is 0 Å². The fraction of sp³-hybridized carbons (Fsp3) is 0.579. The van der Waals surface area contributed by atoms with Gasteiger partial charge in [-0.2, -0.15) is 0 Å². The van der Waals surface area contributed by atoms with Crippen LogP contribution in [0, 0.1) is 17.8 Å². The monoisotopic (exact) mass is 297 g/mol. The van der Waals surface area contributed by atoms with E-state index in [0.717, 1.165) is 44.2 Å². The molecule has 4 rings (SSSR count). The molecule has 2 aliphatic carbocycles. The fourth-order valence-electron chi connectivity index (χ4n) is 4.78. The molecule has 0 spiro atoms. The van der Waals surface area contributed by atoms with E-state index in [4.69, 9.17) is 0 Å². The van der Waals surface area contributed by atoms with E-state index in [1.807, 2.05) is 17.0 Å². The lowest BCUT2D eigenvalue weighted by Gasteiger charge is -2.39. The van der Waals surface area contributed by atoms with Crippen molar-refractivity contribution < 1.29 is 9.59 Å². The molecule has 0 aromatic heterocycles. The molecule has 3 unspecified atom stereocenters. The Morgan fingerprint density at radius 1 is 1.14 bits per heavy atom. The number of para-hydroxylation sites is 1. The molecule has 2 saturated carbocycles.